The highest BCUT2D eigenvalue weighted by Crippen LogP contribution is 2.32. The van der Waals surface area contributed by atoms with E-state index in [1.807, 2.05) is 12.3 Å². The Hall–Kier alpha value is -1.42. The van der Waals surface area contributed by atoms with E-state index in [4.69, 9.17) is 4.98 Å². The smallest absolute Gasteiger partial charge is 0.161 e. The molecule has 0 N–H and O–H groups in total. The van der Waals surface area contributed by atoms with Crippen molar-refractivity contribution in [3.8, 4) is 0 Å². The molecule has 4 nitrogen and oxygen atoms in total. The highest BCUT2D eigenvalue weighted by atomic mass is 15.3. The third-order valence-corrected chi connectivity index (χ3v) is 3.99. The van der Waals surface area contributed by atoms with E-state index in [2.05, 4.69) is 48.3 Å². The maximum absolute atomic E-state index is 4.85. The molecule has 0 saturated carbocycles. The molecule has 2 aromatic rings. The van der Waals surface area contributed by atoms with E-state index >= 15 is 0 Å². The fourth-order valence-electron chi connectivity index (χ4n) is 3.11. The first-order valence-corrected chi connectivity index (χ1v) is 7.48. The summed E-state index contributed by atoms with van der Waals surface area (Å²) in [6.45, 7) is 7.96. The lowest BCUT2D eigenvalue weighted by Gasteiger charge is -2.25. The molecule has 20 heavy (non-hydrogen) atoms. The third kappa shape index (κ3) is 2.44. The van der Waals surface area contributed by atoms with Crippen LogP contribution in [-0.2, 0) is 6.42 Å². The molecule has 0 bridgehead atoms. The van der Waals surface area contributed by atoms with Gasteiger partial charge in [-0.15, -0.1) is 0 Å². The zero-order valence-electron chi connectivity index (χ0n) is 12.9. The molecule has 0 radical (unpaired) electrons. The number of pyridine rings is 1. The highest BCUT2D eigenvalue weighted by molar-refractivity contribution is 5.71. The number of likely N-dealkylation sites (tertiary alicyclic amines) is 1. The largest absolute Gasteiger partial charge is 0.296 e. The van der Waals surface area contributed by atoms with Gasteiger partial charge in [0.2, 0.25) is 0 Å². The summed E-state index contributed by atoms with van der Waals surface area (Å²) in [5.41, 5.74) is 2.29. The van der Waals surface area contributed by atoms with Gasteiger partial charge in [-0.1, -0.05) is 20.8 Å². The molecule has 0 spiro atoms. The molecule has 0 amide bonds. The molecular weight excluding hydrogens is 248 g/mol. The molecule has 0 aliphatic carbocycles. The van der Waals surface area contributed by atoms with Crippen molar-refractivity contribution in [1.29, 1.82) is 0 Å². The number of hydrogen-bond acceptors (Lipinski definition) is 3. The van der Waals surface area contributed by atoms with Gasteiger partial charge in [0.15, 0.2) is 5.65 Å². The Morgan fingerprint density at radius 2 is 2.15 bits per heavy atom. The number of hydrogen-bond donors (Lipinski definition) is 0. The molecule has 1 aliphatic rings. The third-order valence-electron chi connectivity index (χ3n) is 3.99. The molecular formula is C16H24N4. The summed E-state index contributed by atoms with van der Waals surface area (Å²) >= 11 is 0. The molecule has 0 aromatic carbocycles. The lowest BCUT2D eigenvalue weighted by atomic mass is 9.92. The second kappa shape index (κ2) is 4.85. The number of rotatable bonds is 2. The van der Waals surface area contributed by atoms with Crippen molar-refractivity contribution in [3.63, 3.8) is 0 Å². The molecule has 108 valence electrons. The van der Waals surface area contributed by atoms with Gasteiger partial charge in [-0.2, -0.15) is 0 Å². The van der Waals surface area contributed by atoms with Crippen LogP contribution in [-0.4, -0.2) is 33.0 Å². The Bertz CT molecular complexity index is 608. The van der Waals surface area contributed by atoms with E-state index in [9.17, 15) is 0 Å². The van der Waals surface area contributed by atoms with Crippen LogP contribution >= 0.6 is 0 Å². The molecule has 4 heteroatoms. The van der Waals surface area contributed by atoms with E-state index < -0.39 is 0 Å². The maximum atomic E-state index is 4.85. The predicted molar refractivity (Wildman–Crippen MR) is 81.6 cm³/mol. The Morgan fingerprint density at radius 1 is 1.35 bits per heavy atom. The minimum absolute atomic E-state index is 0.232. The van der Waals surface area contributed by atoms with Gasteiger partial charge in [0.25, 0.3) is 0 Å². The summed E-state index contributed by atoms with van der Waals surface area (Å²) in [5.74, 6) is 1.17. The summed E-state index contributed by atoms with van der Waals surface area (Å²) in [4.78, 5) is 11.9. The van der Waals surface area contributed by atoms with E-state index in [0.717, 1.165) is 24.1 Å². The minimum atomic E-state index is 0.232. The standard InChI is InChI=1S/C16H24N4/c1-16(2,3)11-13-18-12-7-5-9-17-15(12)20(13)14-8-6-10-19(14)4/h5,7,9,14H,6,8,10-11H2,1-4H3. The Labute approximate surface area is 120 Å². The maximum Gasteiger partial charge on any atom is 0.161 e. The number of fused-ring (bicyclic) bond motifs is 1. The minimum Gasteiger partial charge on any atom is -0.296 e. The second-order valence-electron chi connectivity index (χ2n) is 7.09. The van der Waals surface area contributed by atoms with Gasteiger partial charge >= 0.3 is 0 Å². The summed E-state index contributed by atoms with van der Waals surface area (Å²) in [7, 11) is 2.20. The van der Waals surface area contributed by atoms with Gasteiger partial charge < -0.3 is 0 Å². The monoisotopic (exact) mass is 272 g/mol. The first kappa shape index (κ1) is 13.6. The van der Waals surface area contributed by atoms with Gasteiger partial charge in [-0.3, -0.25) is 9.47 Å². The number of aromatic nitrogens is 3. The van der Waals surface area contributed by atoms with Crippen LogP contribution in [0.3, 0.4) is 0 Å². The summed E-state index contributed by atoms with van der Waals surface area (Å²) in [6, 6.07) is 4.04. The molecule has 1 atom stereocenters. The molecule has 1 unspecified atom stereocenters. The molecule has 1 aliphatic heterocycles. The summed E-state index contributed by atoms with van der Waals surface area (Å²) in [6.07, 6.45) is 5.70. The van der Waals surface area contributed by atoms with E-state index in [1.165, 1.54) is 18.7 Å². The SMILES string of the molecule is CN1CCCC1n1c(CC(C)(C)C)nc2cccnc21. The fourth-order valence-corrected chi connectivity index (χ4v) is 3.11. The van der Waals surface area contributed by atoms with Crippen LogP contribution in [0.2, 0.25) is 0 Å². The van der Waals surface area contributed by atoms with E-state index in [-0.39, 0.29) is 5.41 Å². The average molecular weight is 272 g/mol. The van der Waals surface area contributed by atoms with Crippen molar-refractivity contribution < 1.29 is 0 Å². The predicted octanol–water partition coefficient (Wildman–Crippen LogP) is 3.24. The van der Waals surface area contributed by atoms with Crippen molar-refractivity contribution in [2.45, 2.75) is 46.2 Å². The lowest BCUT2D eigenvalue weighted by molar-refractivity contribution is 0.232. The zero-order valence-corrected chi connectivity index (χ0v) is 12.9. The van der Waals surface area contributed by atoms with Crippen molar-refractivity contribution in [3.05, 3.63) is 24.2 Å². The van der Waals surface area contributed by atoms with Crippen LogP contribution < -0.4 is 0 Å². The van der Waals surface area contributed by atoms with Gasteiger partial charge in [0.05, 0.1) is 6.17 Å². The van der Waals surface area contributed by atoms with Crippen LogP contribution in [0.5, 0.6) is 0 Å². The summed E-state index contributed by atoms with van der Waals surface area (Å²) < 4.78 is 2.37. The van der Waals surface area contributed by atoms with Crippen LogP contribution in [0.4, 0.5) is 0 Å². The van der Waals surface area contributed by atoms with E-state index in [1.54, 1.807) is 0 Å². The number of imidazole rings is 1. The van der Waals surface area contributed by atoms with Gasteiger partial charge in [-0.05, 0) is 44.0 Å². The normalized spacial score (nSPS) is 20.9. The zero-order chi connectivity index (χ0) is 14.3. The lowest BCUT2D eigenvalue weighted by Crippen LogP contribution is -2.26. The Kier molecular flexibility index (Phi) is 3.28. The van der Waals surface area contributed by atoms with Crippen LogP contribution in [0.25, 0.3) is 11.2 Å². The quantitative estimate of drug-likeness (QED) is 0.841. The molecule has 3 rings (SSSR count). The van der Waals surface area contributed by atoms with Gasteiger partial charge in [0.1, 0.15) is 11.3 Å². The molecule has 3 heterocycles. The molecule has 2 aromatic heterocycles. The average Bonchev–Trinajstić information content (AvgIpc) is 2.90. The Morgan fingerprint density at radius 3 is 2.80 bits per heavy atom. The van der Waals surface area contributed by atoms with E-state index in [0.29, 0.717) is 6.17 Å². The summed E-state index contributed by atoms with van der Waals surface area (Å²) in [5, 5.41) is 0. The number of nitrogens with zero attached hydrogens (tertiary/aromatic N) is 4. The van der Waals surface area contributed by atoms with Crippen molar-refractivity contribution in [2.75, 3.05) is 13.6 Å². The van der Waals surface area contributed by atoms with Crippen LogP contribution in [0.1, 0.15) is 45.6 Å². The highest BCUT2D eigenvalue weighted by Gasteiger charge is 2.28. The second-order valence-corrected chi connectivity index (χ2v) is 7.09. The van der Waals surface area contributed by atoms with Crippen LogP contribution in [0.15, 0.2) is 18.3 Å². The molecule has 1 fully saturated rings. The van der Waals surface area contributed by atoms with Crippen molar-refractivity contribution >= 4 is 11.2 Å². The first-order chi connectivity index (χ1) is 9.46. The first-order valence-electron chi connectivity index (χ1n) is 7.48. The fraction of sp³-hybridized carbons (Fsp3) is 0.625. The van der Waals surface area contributed by atoms with Gasteiger partial charge in [0, 0.05) is 12.6 Å². The Balaban J connectivity index is 2.13. The molecule has 1 saturated heterocycles. The van der Waals surface area contributed by atoms with Crippen molar-refractivity contribution in [2.24, 2.45) is 5.41 Å². The van der Waals surface area contributed by atoms with Crippen molar-refractivity contribution in [1.82, 2.24) is 19.4 Å². The van der Waals surface area contributed by atoms with Gasteiger partial charge in [-0.25, -0.2) is 9.97 Å². The topological polar surface area (TPSA) is 34.0 Å². The van der Waals surface area contributed by atoms with Crippen LogP contribution in [0, 0.1) is 5.41 Å².